The molecule has 6 heteroatoms. The average Bonchev–Trinajstić information content (AvgIpc) is 2.27. The summed E-state index contributed by atoms with van der Waals surface area (Å²) >= 11 is 3.40. The molecule has 0 aliphatic rings. The summed E-state index contributed by atoms with van der Waals surface area (Å²) in [5.41, 5.74) is 7.55. The number of benzene rings is 1. The number of nitrogens with two attached hydrogens (primary N) is 1. The van der Waals surface area contributed by atoms with Gasteiger partial charge in [-0.05, 0) is 30.8 Å². The van der Waals surface area contributed by atoms with Gasteiger partial charge < -0.3 is 15.8 Å². The molecule has 3 N–H and O–H groups in total. The number of ether oxygens (including phenoxy) is 1. The lowest BCUT2D eigenvalue weighted by Gasteiger charge is -2.16. The van der Waals surface area contributed by atoms with E-state index in [1.54, 1.807) is 7.11 Å². The molecule has 0 radical (unpaired) electrons. The number of halogens is 1. The van der Waals surface area contributed by atoms with Gasteiger partial charge in [-0.3, -0.25) is 9.69 Å². The van der Waals surface area contributed by atoms with Crippen molar-refractivity contribution < 1.29 is 9.53 Å². The number of likely N-dealkylation sites (N-methyl/N-ethyl adjacent to an activating group) is 1. The molecule has 106 valence electrons. The lowest BCUT2D eigenvalue weighted by molar-refractivity contribution is -0.122. The molecule has 0 fully saturated rings. The Kier molecular flexibility index (Phi) is 6.83. The van der Waals surface area contributed by atoms with Gasteiger partial charge in [0.2, 0.25) is 5.91 Å². The number of anilines is 1. The number of methoxy groups -OCH3 is 1. The number of nitrogens with zero attached hydrogens (tertiary/aromatic N) is 1. The first-order valence-corrected chi connectivity index (χ1v) is 6.79. The van der Waals surface area contributed by atoms with Gasteiger partial charge in [-0.2, -0.15) is 0 Å². The minimum Gasteiger partial charge on any atom is -0.399 e. The van der Waals surface area contributed by atoms with Crippen LogP contribution < -0.4 is 11.1 Å². The lowest BCUT2D eigenvalue weighted by Crippen LogP contribution is -2.36. The zero-order valence-corrected chi connectivity index (χ0v) is 12.9. The van der Waals surface area contributed by atoms with Crippen LogP contribution in [-0.2, 0) is 16.1 Å². The van der Waals surface area contributed by atoms with Crippen LogP contribution in [0.15, 0.2) is 22.7 Å². The Labute approximate surface area is 122 Å². The summed E-state index contributed by atoms with van der Waals surface area (Å²) in [7, 11) is 3.50. The molecule has 1 amide bonds. The highest BCUT2D eigenvalue weighted by atomic mass is 79.9. The number of carbonyl (C=O) groups is 1. The van der Waals surface area contributed by atoms with E-state index in [1.807, 2.05) is 30.1 Å². The molecule has 1 aromatic rings. The summed E-state index contributed by atoms with van der Waals surface area (Å²) in [4.78, 5) is 13.5. The minimum absolute atomic E-state index is 0.0116. The highest BCUT2D eigenvalue weighted by molar-refractivity contribution is 9.10. The molecule has 0 spiro atoms. The number of rotatable bonds is 7. The first-order valence-electron chi connectivity index (χ1n) is 6.00. The molecule has 5 nitrogen and oxygen atoms in total. The van der Waals surface area contributed by atoms with Crippen molar-refractivity contribution in [1.82, 2.24) is 10.2 Å². The van der Waals surface area contributed by atoms with Gasteiger partial charge in [-0.1, -0.05) is 15.9 Å². The molecule has 0 saturated carbocycles. The summed E-state index contributed by atoms with van der Waals surface area (Å²) in [5, 5.41) is 2.78. The Morgan fingerprint density at radius 2 is 2.21 bits per heavy atom. The fourth-order valence-corrected chi connectivity index (χ4v) is 2.29. The van der Waals surface area contributed by atoms with Gasteiger partial charge in [-0.15, -0.1) is 0 Å². The maximum atomic E-state index is 11.6. The fraction of sp³-hybridized carbons (Fsp3) is 0.462. The van der Waals surface area contributed by atoms with Crippen molar-refractivity contribution >= 4 is 27.5 Å². The predicted octanol–water partition coefficient (Wildman–Crippen LogP) is 1.23. The van der Waals surface area contributed by atoms with Crippen LogP contribution in [0.3, 0.4) is 0 Å². The first-order chi connectivity index (χ1) is 9.01. The van der Waals surface area contributed by atoms with E-state index in [1.165, 1.54) is 0 Å². The molecule has 0 aromatic heterocycles. The number of nitrogens with one attached hydrogen (secondary N) is 1. The minimum atomic E-state index is -0.0116. The highest BCUT2D eigenvalue weighted by Gasteiger charge is 2.07. The van der Waals surface area contributed by atoms with Crippen LogP contribution in [0.2, 0.25) is 0 Å². The number of hydrogen-bond acceptors (Lipinski definition) is 4. The van der Waals surface area contributed by atoms with Gasteiger partial charge in [0, 0.05) is 30.4 Å². The summed E-state index contributed by atoms with van der Waals surface area (Å²) in [6.07, 6.45) is 0. The molecular formula is C13H20BrN3O2. The van der Waals surface area contributed by atoms with E-state index in [2.05, 4.69) is 21.2 Å². The maximum absolute atomic E-state index is 11.6. The van der Waals surface area contributed by atoms with Gasteiger partial charge in [0.1, 0.15) is 0 Å². The second kappa shape index (κ2) is 8.14. The van der Waals surface area contributed by atoms with Crippen LogP contribution in [0, 0.1) is 0 Å². The summed E-state index contributed by atoms with van der Waals surface area (Å²) in [6.45, 7) is 2.07. The van der Waals surface area contributed by atoms with Crippen LogP contribution in [-0.4, -0.2) is 44.7 Å². The van der Waals surface area contributed by atoms with Gasteiger partial charge in [0.05, 0.1) is 13.2 Å². The van der Waals surface area contributed by atoms with Crippen LogP contribution in [0.25, 0.3) is 0 Å². The second-order valence-corrected chi connectivity index (χ2v) is 5.32. The van der Waals surface area contributed by atoms with Crippen LogP contribution >= 0.6 is 15.9 Å². The molecule has 1 aromatic carbocycles. The number of nitrogen functional groups attached to an aromatic ring is 1. The Morgan fingerprint density at radius 3 is 2.84 bits per heavy atom. The zero-order chi connectivity index (χ0) is 14.3. The predicted molar refractivity (Wildman–Crippen MR) is 79.8 cm³/mol. The standard InChI is InChI=1S/C13H20BrN3O2/c1-17(9-13(18)16-3-4-19-2)8-10-5-11(14)7-12(15)6-10/h5-7H,3-4,8-9,15H2,1-2H3,(H,16,18). The van der Waals surface area contributed by atoms with Crippen molar-refractivity contribution in [2.75, 3.05) is 39.6 Å². The summed E-state index contributed by atoms with van der Waals surface area (Å²) < 4.78 is 5.82. The monoisotopic (exact) mass is 329 g/mol. The van der Waals surface area contributed by atoms with E-state index in [0.717, 1.165) is 10.0 Å². The van der Waals surface area contributed by atoms with Crippen LogP contribution in [0.4, 0.5) is 5.69 Å². The average molecular weight is 330 g/mol. The SMILES string of the molecule is COCCNC(=O)CN(C)Cc1cc(N)cc(Br)c1. The Balaban J connectivity index is 2.41. The number of carbonyl (C=O) groups excluding carboxylic acids is 1. The molecular weight excluding hydrogens is 310 g/mol. The lowest BCUT2D eigenvalue weighted by atomic mass is 10.2. The molecule has 19 heavy (non-hydrogen) atoms. The second-order valence-electron chi connectivity index (χ2n) is 4.41. The molecule has 1 rings (SSSR count). The topological polar surface area (TPSA) is 67.6 Å². The van der Waals surface area contributed by atoms with Crippen molar-refractivity contribution in [2.24, 2.45) is 0 Å². The largest absolute Gasteiger partial charge is 0.399 e. The fourth-order valence-electron chi connectivity index (χ4n) is 1.73. The molecule has 0 unspecified atom stereocenters. The first kappa shape index (κ1) is 15.9. The van der Waals surface area contributed by atoms with Crippen molar-refractivity contribution in [1.29, 1.82) is 0 Å². The van der Waals surface area contributed by atoms with E-state index < -0.39 is 0 Å². The summed E-state index contributed by atoms with van der Waals surface area (Å²) in [5.74, 6) is -0.0116. The smallest absolute Gasteiger partial charge is 0.234 e. The van der Waals surface area contributed by atoms with E-state index in [4.69, 9.17) is 10.5 Å². The maximum Gasteiger partial charge on any atom is 0.234 e. The van der Waals surface area contributed by atoms with Crippen molar-refractivity contribution in [3.8, 4) is 0 Å². The third-order valence-corrected chi connectivity index (χ3v) is 2.93. The third kappa shape index (κ3) is 6.56. The van der Waals surface area contributed by atoms with E-state index in [-0.39, 0.29) is 5.91 Å². The highest BCUT2D eigenvalue weighted by Crippen LogP contribution is 2.18. The van der Waals surface area contributed by atoms with Crippen molar-refractivity contribution in [3.05, 3.63) is 28.2 Å². The van der Waals surface area contributed by atoms with E-state index in [9.17, 15) is 4.79 Å². The van der Waals surface area contributed by atoms with Gasteiger partial charge in [-0.25, -0.2) is 0 Å². The Bertz CT molecular complexity index is 406. The van der Waals surface area contributed by atoms with Crippen molar-refractivity contribution in [2.45, 2.75) is 6.54 Å². The van der Waals surface area contributed by atoms with Crippen LogP contribution in [0.5, 0.6) is 0 Å². The van der Waals surface area contributed by atoms with E-state index >= 15 is 0 Å². The van der Waals surface area contributed by atoms with Crippen LogP contribution in [0.1, 0.15) is 5.56 Å². The quantitative estimate of drug-likeness (QED) is 0.583. The normalized spacial score (nSPS) is 10.7. The third-order valence-electron chi connectivity index (χ3n) is 2.47. The summed E-state index contributed by atoms with van der Waals surface area (Å²) in [6, 6.07) is 5.75. The number of hydrogen-bond donors (Lipinski definition) is 2. The molecule has 0 atom stereocenters. The van der Waals surface area contributed by atoms with Crippen molar-refractivity contribution in [3.63, 3.8) is 0 Å². The molecule has 0 bridgehead atoms. The van der Waals surface area contributed by atoms with Gasteiger partial charge in [0.15, 0.2) is 0 Å². The Morgan fingerprint density at radius 1 is 1.47 bits per heavy atom. The Hall–Kier alpha value is -1.11. The molecule has 0 aliphatic heterocycles. The van der Waals surface area contributed by atoms with E-state index in [0.29, 0.717) is 31.9 Å². The molecule has 0 heterocycles. The number of amides is 1. The molecule has 0 aliphatic carbocycles. The van der Waals surface area contributed by atoms with Gasteiger partial charge >= 0.3 is 0 Å². The van der Waals surface area contributed by atoms with Gasteiger partial charge in [0.25, 0.3) is 0 Å². The zero-order valence-electron chi connectivity index (χ0n) is 11.3. The molecule has 0 saturated heterocycles.